The topological polar surface area (TPSA) is 50.3 Å². The third-order valence-electron chi connectivity index (χ3n) is 5.01. The number of aromatic nitrogens is 2. The Morgan fingerprint density at radius 3 is 2.85 bits per heavy atom. The highest BCUT2D eigenvalue weighted by atomic mass is 32.1. The number of methoxy groups -OCH3 is 1. The summed E-state index contributed by atoms with van der Waals surface area (Å²) in [4.78, 5) is 12.9. The second-order valence-corrected chi connectivity index (χ2v) is 7.63. The second kappa shape index (κ2) is 7.70. The van der Waals surface area contributed by atoms with Gasteiger partial charge in [-0.15, -0.1) is 11.3 Å². The predicted octanol–water partition coefficient (Wildman–Crippen LogP) is 4.01. The molecule has 1 aromatic carbocycles. The van der Waals surface area contributed by atoms with Gasteiger partial charge in [0, 0.05) is 30.6 Å². The summed E-state index contributed by atoms with van der Waals surface area (Å²) < 4.78 is 5.26. The number of rotatable bonds is 6. The molecule has 0 amide bonds. The van der Waals surface area contributed by atoms with E-state index in [0.717, 1.165) is 28.4 Å². The maximum Gasteiger partial charge on any atom is 0.158 e. The fourth-order valence-electron chi connectivity index (χ4n) is 3.59. The van der Waals surface area contributed by atoms with Crippen LogP contribution in [0.25, 0.3) is 21.3 Å². The molecule has 1 fully saturated rings. The van der Waals surface area contributed by atoms with Crippen LogP contribution in [-0.4, -0.2) is 48.2 Å². The average Bonchev–Trinajstić information content (AvgIpc) is 3.27. The molecule has 136 valence electrons. The van der Waals surface area contributed by atoms with Crippen LogP contribution in [0.2, 0.25) is 0 Å². The molecule has 3 heterocycles. The molecule has 3 aromatic rings. The number of benzene rings is 1. The first-order valence-electron chi connectivity index (χ1n) is 9.03. The summed E-state index contributed by atoms with van der Waals surface area (Å²) in [5.74, 6) is 1.64. The molecule has 0 bridgehead atoms. The maximum atomic E-state index is 5.26. The van der Waals surface area contributed by atoms with Gasteiger partial charge in [0.1, 0.15) is 17.3 Å². The molecule has 1 aliphatic rings. The van der Waals surface area contributed by atoms with Crippen molar-refractivity contribution in [3.63, 3.8) is 0 Å². The van der Waals surface area contributed by atoms with Crippen molar-refractivity contribution in [2.45, 2.75) is 25.5 Å². The van der Waals surface area contributed by atoms with Crippen LogP contribution < -0.4 is 5.32 Å². The largest absolute Gasteiger partial charge is 0.377 e. The molecular formula is C20H24N4OS. The van der Waals surface area contributed by atoms with Gasteiger partial charge in [0.2, 0.25) is 0 Å². The van der Waals surface area contributed by atoms with Crippen LogP contribution >= 0.6 is 11.3 Å². The third kappa shape index (κ3) is 3.45. The van der Waals surface area contributed by atoms with Gasteiger partial charge in [-0.25, -0.2) is 9.97 Å². The van der Waals surface area contributed by atoms with Gasteiger partial charge >= 0.3 is 0 Å². The standard InChI is InChI=1S/C20H24N4OS/c1-24-10-6-9-15(24)11-21-19-18-16(14-7-4-3-5-8-14)13-26-20(18)23-17(22-19)12-25-2/h3-5,7-8,13,15H,6,9-12H2,1-2H3,(H,21,22,23). The number of likely N-dealkylation sites (tertiary alicyclic amines) is 1. The molecule has 0 aliphatic carbocycles. The Bertz CT molecular complexity index is 880. The van der Waals surface area contributed by atoms with Gasteiger partial charge in [0.15, 0.2) is 5.82 Å². The van der Waals surface area contributed by atoms with E-state index in [-0.39, 0.29) is 0 Å². The van der Waals surface area contributed by atoms with E-state index in [4.69, 9.17) is 14.7 Å². The van der Waals surface area contributed by atoms with Crippen molar-refractivity contribution in [1.82, 2.24) is 14.9 Å². The molecule has 0 saturated carbocycles. The van der Waals surface area contributed by atoms with E-state index in [0.29, 0.717) is 12.6 Å². The van der Waals surface area contributed by atoms with Gasteiger partial charge in [-0.3, -0.25) is 0 Å². The van der Waals surface area contributed by atoms with E-state index in [1.165, 1.54) is 30.5 Å². The lowest BCUT2D eigenvalue weighted by Crippen LogP contribution is -2.31. The number of hydrogen-bond donors (Lipinski definition) is 1. The molecule has 4 rings (SSSR count). The van der Waals surface area contributed by atoms with E-state index in [1.54, 1.807) is 18.4 Å². The first-order valence-corrected chi connectivity index (χ1v) is 9.91. The highest BCUT2D eigenvalue weighted by Gasteiger charge is 2.22. The zero-order valence-electron chi connectivity index (χ0n) is 15.2. The van der Waals surface area contributed by atoms with Crippen LogP contribution in [-0.2, 0) is 11.3 Å². The Hall–Kier alpha value is -2.02. The van der Waals surface area contributed by atoms with E-state index >= 15 is 0 Å². The maximum absolute atomic E-state index is 5.26. The molecule has 6 heteroatoms. The number of fused-ring (bicyclic) bond motifs is 1. The van der Waals surface area contributed by atoms with Crippen molar-refractivity contribution in [3.05, 3.63) is 41.5 Å². The Labute approximate surface area is 158 Å². The summed E-state index contributed by atoms with van der Waals surface area (Å²) >= 11 is 1.66. The van der Waals surface area contributed by atoms with Crippen molar-refractivity contribution in [3.8, 4) is 11.1 Å². The van der Waals surface area contributed by atoms with E-state index in [1.807, 2.05) is 6.07 Å². The molecule has 5 nitrogen and oxygen atoms in total. The van der Waals surface area contributed by atoms with E-state index < -0.39 is 0 Å². The van der Waals surface area contributed by atoms with Gasteiger partial charge in [-0.05, 0) is 32.0 Å². The SMILES string of the molecule is COCc1nc(NCC2CCCN2C)c2c(-c3ccccc3)csc2n1. The normalized spacial score (nSPS) is 17.8. The van der Waals surface area contributed by atoms with Crippen molar-refractivity contribution < 1.29 is 4.74 Å². The summed E-state index contributed by atoms with van der Waals surface area (Å²) in [6, 6.07) is 11.0. The molecule has 1 N–H and O–H groups in total. The minimum atomic E-state index is 0.423. The molecule has 0 radical (unpaired) electrons. The van der Waals surface area contributed by atoms with Gasteiger partial charge in [-0.2, -0.15) is 0 Å². The number of anilines is 1. The monoisotopic (exact) mass is 368 g/mol. The van der Waals surface area contributed by atoms with Crippen molar-refractivity contribution in [1.29, 1.82) is 0 Å². The second-order valence-electron chi connectivity index (χ2n) is 6.77. The number of ether oxygens (including phenoxy) is 1. The van der Waals surface area contributed by atoms with Crippen molar-refractivity contribution >= 4 is 27.4 Å². The first kappa shape index (κ1) is 17.4. The average molecular weight is 369 g/mol. The number of nitrogens with one attached hydrogen (secondary N) is 1. The Morgan fingerprint density at radius 2 is 2.12 bits per heavy atom. The lowest BCUT2D eigenvalue weighted by molar-refractivity contribution is 0.178. The number of hydrogen-bond acceptors (Lipinski definition) is 6. The zero-order valence-corrected chi connectivity index (χ0v) is 16.1. The highest BCUT2D eigenvalue weighted by Crippen LogP contribution is 2.37. The summed E-state index contributed by atoms with van der Waals surface area (Å²) in [6.07, 6.45) is 2.50. The van der Waals surface area contributed by atoms with Gasteiger partial charge in [0.25, 0.3) is 0 Å². The van der Waals surface area contributed by atoms with Crippen molar-refractivity contribution in [2.75, 3.05) is 32.6 Å². The Balaban J connectivity index is 1.73. The first-order chi connectivity index (χ1) is 12.8. The number of likely N-dealkylation sites (N-methyl/N-ethyl adjacent to an activating group) is 1. The Kier molecular flexibility index (Phi) is 5.15. The minimum absolute atomic E-state index is 0.423. The van der Waals surface area contributed by atoms with Crippen LogP contribution in [0, 0.1) is 0 Å². The van der Waals surface area contributed by atoms with Crippen LogP contribution in [0.15, 0.2) is 35.7 Å². The van der Waals surface area contributed by atoms with Gasteiger partial charge in [-0.1, -0.05) is 30.3 Å². The summed E-state index contributed by atoms with van der Waals surface area (Å²) in [6.45, 7) is 2.50. The van der Waals surface area contributed by atoms with Crippen molar-refractivity contribution in [2.24, 2.45) is 0 Å². The van der Waals surface area contributed by atoms with E-state index in [9.17, 15) is 0 Å². The molecule has 26 heavy (non-hydrogen) atoms. The van der Waals surface area contributed by atoms with Gasteiger partial charge in [0.05, 0.1) is 5.39 Å². The lowest BCUT2D eigenvalue weighted by Gasteiger charge is -2.20. The molecule has 1 atom stereocenters. The van der Waals surface area contributed by atoms with Crippen LogP contribution in [0.3, 0.4) is 0 Å². The molecule has 0 spiro atoms. The molecule has 2 aromatic heterocycles. The number of nitrogens with zero attached hydrogens (tertiary/aromatic N) is 3. The molecule has 1 saturated heterocycles. The van der Waals surface area contributed by atoms with Crippen LogP contribution in [0.1, 0.15) is 18.7 Å². The highest BCUT2D eigenvalue weighted by molar-refractivity contribution is 7.17. The minimum Gasteiger partial charge on any atom is -0.377 e. The summed E-state index contributed by atoms with van der Waals surface area (Å²) in [7, 11) is 3.88. The van der Waals surface area contributed by atoms with Crippen LogP contribution in [0.5, 0.6) is 0 Å². The van der Waals surface area contributed by atoms with Crippen LogP contribution in [0.4, 0.5) is 5.82 Å². The third-order valence-corrected chi connectivity index (χ3v) is 5.89. The Morgan fingerprint density at radius 1 is 1.27 bits per heavy atom. The molecule has 1 unspecified atom stereocenters. The fraction of sp³-hybridized carbons (Fsp3) is 0.400. The smallest absolute Gasteiger partial charge is 0.158 e. The fourth-order valence-corrected chi connectivity index (χ4v) is 4.56. The zero-order chi connectivity index (χ0) is 17.9. The molecular weight excluding hydrogens is 344 g/mol. The summed E-state index contributed by atoms with van der Waals surface area (Å²) in [5, 5.41) is 6.90. The summed E-state index contributed by atoms with van der Waals surface area (Å²) in [5.41, 5.74) is 2.39. The van der Waals surface area contributed by atoms with E-state index in [2.05, 4.69) is 46.9 Å². The van der Waals surface area contributed by atoms with Gasteiger partial charge < -0.3 is 15.0 Å². The predicted molar refractivity (Wildman–Crippen MR) is 108 cm³/mol. The lowest BCUT2D eigenvalue weighted by atomic mass is 10.1. The number of thiophene rings is 1. The quantitative estimate of drug-likeness (QED) is 0.712. The molecule has 1 aliphatic heterocycles.